The highest BCUT2D eigenvalue weighted by Gasteiger charge is 2.08. The molecule has 0 saturated heterocycles. The van der Waals surface area contributed by atoms with Crippen molar-refractivity contribution in [3.63, 3.8) is 0 Å². The number of alkyl halides is 2. The largest absolute Gasteiger partial charge is 0.435 e. The van der Waals surface area contributed by atoms with Gasteiger partial charge in [-0.05, 0) is 44.5 Å². The molecule has 0 aliphatic rings. The van der Waals surface area contributed by atoms with Gasteiger partial charge in [0.1, 0.15) is 5.75 Å². The number of hydrogen-bond donors (Lipinski definition) is 1. The Morgan fingerprint density at radius 1 is 1.39 bits per heavy atom. The molecule has 0 saturated carbocycles. The maximum absolute atomic E-state index is 12.1. The molecule has 1 N–H and O–H groups in total. The molecule has 0 fully saturated rings. The van der Waals surface area contributed by atoms with Crippen LogP contribution in [-0.4, -0.2) is 13.2 Å². The van der Waals surface area contributed by atoms with E-state index in [0.29, 0.717) is 0 Å². The molecule has 0 bridgehead atoms. The molecule has 1 aromatic carbocycles. The van der Waals surface area contributed by atoms with Crippen LogP contribution in [0.2, 0.25) is 0 Å². The molecule has 1 rings (SSSR count). The van der Waals surface area contributed by atoms with E-state index >= 15 is 0 Å². The molecule has 0 heterocycles. The average Bonchev–Trinajstić information content (AvgIpc) is 2.34. The minimum Gasteiger partial charge on any atom is -0.435 e. The minimum atomic E-state index is -2.78. The van der Waals surface area contributed by atoms with Gasteiger partial charge >= 0.3 is 6.61 Å². The summed E-state index contributed by atoms with van der Waals surface area (Å²) in [6.07, 6.45) is 5.04. The zero-order valence-electron chi connectivity index (χ0n) is 10.7. The van der Waals surface area contributed by atoms with E-state index in [1.54, 1.807) is 12.1 Å². The average molecular weight is 255 g/mol. The van der Waals surface area contributed by atoms with Gasteiger partial charge in [-0.15, -0.1) is 0 Å². The van der Waals surface area contributed by atoms with Crippen LogP contribution >= 0.6 is 0 Å². The van der Waals surface area contributed by atoms with E-state index in [4.69, 9.17) is 0 Å². The van der Waals surface area contributed by atoms with Crippen molar-refractivity contribution in [2.24, 2.45) is 0 Å². The van der Waals surface area contributed by atoms with Crippen molar-refractivity contribution in [1.29, 1.82) is 0 Å². The third kappa shape index (κ3) is 5.27. The molecule has 0 radical (unpaired) electrons. The van der Waals surface area contributed by atoms with E-state index in [-0.39, 0.29) is 11.8 Å². The Kier molecular flexibility index (Phi) is 6.36. The van der Waals surface area contributed by atoms with Crippen molar-refractivity contribution in [3.05, 3.63) is 42.0 Å². The standard InChI is InChI=1S/C14H19F2NO/c1-3-4-5-9-17-11(2)12-7-6-8-13(10-12)18-14(15)16/h3-4,6-8,10-11,14,17H,5,9H2,1-2H3/b4-3+. The Bertz CT molecular complexity index is 380. The van der Waals surface area contributed by atoms with Crippen LogP contribution in [0.3, 0.4) is 0 Å². The molecule has 18 heavy (non-hydrogen) atoms. The van der Waals surface area contributed by atoms with Crippen LogP contribution < -0.4 is 10.1 Å². The molecule has 0 aliphatic carbocycles. The fraction of sp³-hybridized carbons (Fsp3) is 0.429. The summed E-state index contributed by atoms with van der Waals surface area (Å²) in [5.74, 6) is 0.199. The summed E-state index contributed by atoms with van der Waals surface area (Å²) in [6.45, 7) is 2.05. The molecule has 1 aromatic rings. The van der Waals surface area contributed by atoms with Crippen molar-refractivity contribution in [2.75, 3.05) is 6.54 Å². The fourth-order valence-electron chi connectivity index (χ4n) is 1.63. The highest BCUT2D eigenvalue weighted by molar-refractivity contribution is 5.30. The van der Waals surface area contributed by atoms with E-state index in [9.17, 15) is 8.78 Å². The number of halogens is 2. The van der Waals surface area contributed by atoms with Crippen LogP contribution in [0.4, 0.5) is 8.78 Å². The monoisotopic (exact) mass is 255 g/mol. The van der Waals surface area contributed by atoms with Crippen LogP contribution in [0.15, 0.2) is 36.4 Å². The van der Waals surface area contributed by atoms with Crippen molar-refractivity contribution in [2.45, 2.75) is 32.9 Å². The van der Waals surface area contributed by atoms with Gasteiger partial charge in [0.2, 0.25) is 0 Å². The van der Waals surface area contributed by atoms with Crippen LogP contribution in [0.25, 0.3) is 0 Å². The quantitative estimate of drug-likeness (QED) is 0.589. The van der Waals surface area contributed by atoms with E-state index in [1.807, 2.05) is 26.0 Å². The molecule has 0 spiro atoms. The number of ether oxygens (including phenoxy) is 1. The van der Waals surface area contributed by atoms with E-state index in [1.165, 1.54) is 6.07 Å². The second-order valence-electron chi connectivity index (χ2n) is 3.98. The van der Waals surface area contributed by atoms with Crippen molar-refractivity contribution in [3.8, 4) is 5.75 Å². The smallest absolute Gasteiger partial charge is 0.387 e. The summed E-state index contributed by atoms with van der Waals surface area (Å²) in [4.78, 5) is 0. The zero-order valence-corrected chi connectivity index (χ0v) is 10.7. The molecule has 1 unspecified atom stereocenters. The summed E-state index contributed by atoms with van der Waals surface area (Å²) >= 11 is 0. The first-order valence-electron chi connectivity index (χ1n) is 6.02. The van der Waals surface area contributed by atoms with Gasteiger partial charge in [-0.1, -0.05) is 24.3 Å². The van der Waals surface area contributed by atoms with E-state index in [0.717, 1.165) is 18.5 Å². The van der Waals surface area contributed by atoms with E-state index in [2.05, 4.69) is 16.1 Å². The second kappa shape index (κ2) is 7.82. The Hall–Kier alpha value is -1.42. The predicted octanol–water partition coefficient (Wildman–Crippen LogP) is 3.90. The van der Waals surface area contributed by atoms with Gasteiger partial charge in [0, 0.05) is 6.04 Å². The molecule has 2 nitrogen and oxygen atoms in total. The highest BCUT2D eigenvalue weighted by Crippen LogP contribution is 2.20. The number of allylic oxidation sites excluding steroid dienone is 1. The fourth-order valence-corrected chi connectivity index (χ4v) is 1.63. The third-order valence-corrected chi connectivity index (χ3v) is 2.58. The Balaban J connectivity index is 2.53. The molecular formula is C14H19F2NO. The summed E-state index contributed by atoms with van der Waals surface area (Å²) in [6, 6.07) is 6.89. The highest BCUT2D eigenvalue weighted by atomic mass is 19.3. The maximum Gasteiger partial charge on any atom is 0.387 e. The van der Waals surface area contributed by atoms with Gasteiger partial charge in [0.25, 0.3) is 0 Å². The normalized spacial score (nSPS) is 13.2. The molecule has 0 aliphatic heterocycles. The lowest BCUT2D eigenvalue weighted by Crippen LogP contribution is -2.19. The van der Waals surface area contributed by atoms with Crippen molar-refractivity contribution < 1.29 is 13.5 Å². The third-order valence-electron chi connectivity index (χ3n) is 2.58. The lowest BCUT2D eigenvalue weighted by molar-refractivity contribution is -0.0499. The Labute approximate surface area is 107 Å². The van der Waals surface area contributed by atoms with Crippen molar-refractivity contribution in [1.82, 2.24) is 5.32 Å². The first kappa shape index (κ1) is 14.6. The molecule has 0 amide bonds. The molecule has 4 heteroatoms. The molecular weight excluding hydrogens is 236 g/mol. The van der Waals surface area contributed by atoms with Gasteiger partial charge < -0.3 is 10.1 Å². The van der Waals surface area contributed by atoms with Crippen LogP contribution in [0.1, 0.15) is 31.9 Å². The van der Waals surface area contributed by atoms with Gasteiger partial charge in [-0.25, -0.2) is 0 Å². The lowest BCUT2D eigenvalue weighted by Gasteiger charge is -2.14. The van der Waals surface area contributed by atoms with Gasteiger partial charge in [0.05, 0.1) is 0 Å². The lowest BCUT2D eigenvalue weighted by atomic mass is 10.1. The zero-order chi connectivity index (χ0) is 13.4. The van der Waals surface area contributed by atoms with E-state index < -0.39 is 6.61 Å². The minimum absolute atomic E-state index is 0.108. The molecule has 0 aromatic heterocycles. The molecule has 100 valence electrons. The summed E-state index contributed by atoms with van der Waals surface area (Å²) in [5, 5.41) is 3.32. The van der Waals surface area contributed by atoms with Crippen molar-refractivity contribution >= 4 is 0 Å². The first-order chi connectivity index (χ1) is 8.63. The van der Waals surface area contributed by atoms with Gasteiger partial charge in [-0.3, -0.25) is 0 Å². The second-order valence-corrected chi connectivity index (χ2v) is 3.98. The Morgan fingerprint density at radius 3 is 2.83 bits per heavy atom. The maximum atomic E-state index is 12.1. The SMILES string of the molecule is C/C=C/CCNC(C)c1cccc(OC(F)F)c1. The van der Waals surface area contributed by atoms with Crippen LogP contribution in [0, 0.1) is 0 Å². The summed E-state index contributed by atoms with van der Waals surface area (Å²) in [7, 11) is 0. The van der Waals surface area contributed by atoms with Crippen LogP contribution in [-0.2, 0) is 0 Å². The number of hydrogen-bond acceptors (Lipinski definition) is 2. The molecule has 1 atom stereocenters. The number of nitrogens with one attached hydrogen (secondary N) is 1. The van der Waals surface area contributed by atoms with Crippen LogP contribution in [0.5, 0.6) is 5.75 Å². The number of rotatable bonds is 7. The topological polar surface area (TPSA) is 21.3 Å². The van der Waals surface area contributed by atoms with Gasteiger partial charge in [0.15, 0.2) is 0 Å². The summed E-state index contributed by atoms with van der Waals surface area (Å²) in [5.41, 5.74) is 0.939. The predicted molar refractivity (Wildman–Crippen MR) is 68.9 cm³/mol. The summed E-state index contributed by atoms with van der Waals surface area (Å²) < 4.78 is 28.6. The number of benzene rings is 1. The Morgan fingerprint density at radius 2 is 2.17 bits per heavy atom. The van der Waals surface area contributed by atoms with Gasteiger partial charge in [-0.2, -0.15) is 8.78 Å². The first-order valence-corrected chi connectivity index (χ1v) is 6.02.